The van der Waals surface area contributed by atoms with E-state index in [0.717, 1.165) is 25.7 Å². The van der Waals surface area contributed by atoms with Crippen LogP contribution >= 0.6 is 0 Å². The van der Waals surface area contributed by atoms with Crippen LogP contribution in [0.5, 0.6) is 0 Å². The van der Waals surface area contributed by atoms with Gasteiger partial charge in [-0.25, -0.2) is 0 Å². The second-order valence-corrected chi connectivity index (χ2v) is 3.33. The Morgan fingerprint density at radius 1 is 1.55 bits per heavy atom. The molecule has 0 atom stereocenters. The number of aliphatic hydroxyl groups excluding tert-OH is 1. The van der Waals surface area contributed by atoms with Crippen molar-refractivity contribution in [2.45, 2.75) is 38.1 Å². The number of hydrogen-bond donors (Lipinski definition) is 2. The third kappa shape index (κ3) is 1.93. The van der Waals surface area contributed by atoms with Crippen molar-refractivity contribution in [3.8, 4) is 0 Å². The van der Waals surface area contributed by atoms with E-state index in [2.05, 4.69) is 5.32 Å². The molecule has 1 rings (SSSR count). The number of carbonyl (C=O) groups excluding carboxylic acids is 1. The molecule has 0 bridgehead atoms. The van der Waals surface area contributed by atoms with Crippen molar-refractivity contribution in [2.24, 2.45) is 0 Å². The molecule has 0 aromatic carbocycles. The van der Waals surface area contributed by atoms with Crippen LogP contribution < -0.4 is 5.32 Å². The van der Waals surface area contributed by atoms with Crippen molar-refractivity contribution in [1.82, 2.24) is 5.32 Å². The van der Waals surface area contributed by atoms with E-state index in [-0.39, 0.29) is 18.1 Å². The molecule has 1 aliphatic rings. The Bertz CT molecular complexity index is 150. The molecule has 1 fully saturated rings. The van der Waals surface area contributed by atoms with Crippen molar-refractivity contribution < 1.29 is 9.90 Å². The molecule has 3 nitrogen and oxygen atoms in total. The highest BCUT2D eigenvalue weighted by molar-refractivity contribution is 5.73. The Morgan fingerprint density at radius 2 is 2.09 bits per heavy atom. The lowest BCUT2D eigenvalue weighted by Gasteiger charge is -2.26. The fraction of sp³-hybridized carbons (Fsp3) is 0.875. The molecule has 2 N–H and O–H groups in total. The predicted octanol–water partition coefficient (Wildman–Crippen LogP) is 0.428. The zero-order valence-corrected chi connectivity index (χ0v) is 6.89. The van der Waals surface area contributed by atoms with E-state index < -0.39 is 0 Å². The summed E-state index contributed by atoms with van der Waals surface area (Å²) in [5.74, 6) is -0.0408. The van der Waals surface area contributed by atoms with E-state index in [1.54, 1.807) is 0 Å². The SMILES string of the molecule is CC(=O)NC1(CO)CCCC1. The summed E-state index contributed by atoms with van der Waals surface area (Å²) in [5, 5.41) is 11.9. The van der Waals surface area contributed by atoms with E-state index >= 15 is 0 Å². The Labute approximate surface area is 66.8 Å². The average molecular weight is 157 g/mol. The number of hydrogen-bond acceptors (Lipinski definition) is 2. The molecule has 64 valence electrons. The highest BCUT2D eigenvalue weighted by atomic mass is 16.3. The summed E-state index contributed by atoms with van der Waals surface area (Å²) >= 11 is 0. The summed E-state index contributed by atoms with van der Waals surface area (Å²) in [6, 6.07) is 0. The highest BCUT2D eigenvalue weighted by Gasteiger charge is 2.33. The van der Waals surface area contributed by atoms with Crippen molar-refractivity contribution in [3.05, 3.63) is 0 Å². The van der Waals surface area contributed by atoms with Gasteiger partial charge in [-0.2, -0.15) is 0 Å². The smallest absolute Gasteiger partial charge is 0.217 e. The molecule has 0 aromatic heterocycles. The minimum Gasteiger partial charge on any atom is -0.394 e. The molecule has 3 heteroatoms. The van der Waals surface area contributed by atoms with Crippen molar-refractivity contribution >= 4 is 5.91 Å². The summed E-state index contributed by atoms with van der Waals surface area (Å²) in [5.41, 5.74) is -0.286. The first kappa shape index (κ1) is 8.53. The monoisotopic (exact) mass is 157 g/mol. The maximum atomic E-state index is 10.7. The molecule has 1 amide bonds. The molecule has 11 heavy (non-hydrogen) atoms. The molecule has 1 aliphatic carbocycles. The van der Waals surface area contributed by atoms with Crippen molar-refractivity contribution in [1.29, 1.82) is 0 Å². The molecular weight excluding hydrogens is 142 g/mol. The third-order valence-corrected chi connectivity index (χ3v) is 2.30. The Balaban J connectivity index is 2.52. The van der Waals surface area contributed by atoms with Crippen LogP contribution in [-0.2, 0) is 4.79 Å². The number of aliphatic hydroxyl groups is 1. The van der Waals surface area contributed by atoms with Crippen LogP contribution in [0, 0.1) is 0 Å². The highest BCUT2D eigenvalue weighted by Crippen LogP contribution is 2.28. The molecule has 1 saturated carbocycles. The van der Waals surface area contributed by atoms with Gasteiger partial charge in [0.2, 0.25) is 5.91 Å². The third-order valence-electron chi connectivity index (χ3n) is 2.30. The first-order valence-corrected chi connectivity index (χ1v) is 4.08. The summed E-state index contributed by atoms with van der Waals surface area (Å²) in [7, 11) is 0. The van der Waals surface area contributed by atoms with Gasteiger partial charge in [-0.3, -0.25) is 4.79 Å². The Morgan fingerprint density at radius 3 is 2.45 bits per heavy atom. The second kappa shape index (κ2) is 3.22. The number of rotatable bonds is 2. The molecule has 0 heterocycles. The average Bonchev–Trinajstić information content (AvgIpc) is 2.36. The fourth-order valence-electron chi connectivity index (χ4n) is 1.75. The molecular formula is C8H15NO2. The van der Waals surface area contributed by atoms with Gasteiger partial charge in [-0.15, -0.1) is 0 Å². The Hall–Kier alpha value is -0.570. The van der Waals surface area contributed by atoms with Crippen LogP contribution in [0.1, 0.15) is 32.6 Å². The summed E-state index contributed by atoms with van der Waals surface area (Å²) in [6.07, 6.45) is 4.06. The number of carbonyl (C=O) groups is 1. The van der Waals surface area contributed by atoms with Crippen LogP contribution in [0.4, 0.5) is 0 Å². The lowest BCUT2D eigenvalue weighted by Crippen LogP contribution is -2.48. The van der Waals surface area contributed by atoms with E-state index in [0.29, 0.717) is 0 Å². The van der Waals surface area contributed by atoms with Crippen LogP contribution in [0.25, 0.3) is 0 Å². The van der Waals surface area contributed by atoms with Crippen LogP contribution in [0.2, 0.25) is 0 Å². The molecule has 0 unspecified atom stereocenters. The van der Waals surface area contributed by atoms with Crippen LogP contribution in [0.15, 0.2) is 0 Å². The van der Waals surface area contributed by atoms with Crippen molar-refractivity contribution in [2.75, 3.05) is 6.61 Å². The van der Waals surface area contributed by atoms with Gasteiger partial charge < -0.3 is 10.4 Å². The zero-order chi connectivity index (χ0) is 8.32. The minimum atomic E-state index is -0.286. The normalized spacial score (nSPS) is 21.6. The maximum absolute atomic E-state index is 10.7. The molecule has 0 aliphatic heterocycles. The van der Waals surface area contributed by atoms with Gasteiger partial charge in [-0.05, 0) is 12.8 Å². The van der Waals surface area contributed by atoms with Crippen LogP contribution in [-0.4, -0.2) is 23.2 Å². The van der Waals surface area contributed by atoms with E-state index in [1.807, 2.05) is 0 Å². The lowest BCUT2D eigenvalue weighted by atomic mass is 9.99. The number of amides is 1. The topological polar surface area (TPSA) is 49.3 Å². The van der Waals surface area contributed by atoms with Crippen LogP contribution in [0.3, 0.4) is 0 Å². The first-order valence-electron chi connectivity index (χ1n) is 4.08. The van der Waals surface area contributed by atoms with Gasteiger partial charge in [0.25, 0.3) is 0 Å². The van der Waals surface area contributed by atoms with E-state index in [9.17, 15) is 4.79 Å². The lowest BCUT2D eigenvalue weighted by molar-refractivity contribution is -0.121. The van der Waals surface area contributed by atoms with Gasteiger partial charge in [0, 0.05) is 6.92 Å². The van der Waals surface area contributed by atoms with Crippen molar-refractivity contribution in [3.63, 3.8) is 0 Å². The van der Waals surface area contributed by atoms with Gasteiger partial charge in [0.05, 0.1) is 12.1 Å². The first-order chi connectivity index (χ1) is 5.18. The Kier molecular flexibility index (Phi) is 2.49. The maximum Gasteiger partial charge on any atom is 0.217 e. The summed E-state index contributed by atoms with van der Waals surface area (Å²) < 4.78 is 0. The van der Waals surface area contributed by atoms with E-state index in [4.69, 9.17) is 5.11 Å². The van der Waals surface area contributed by atoms with Gasteiger partial charge >= 0.3 is 0 Å². The van der Waals surface area contributed by atoms with Gasteiger partial charge in [-0.1, -0.05) is 12.8 Å². The molecule has 0 saturated heterocycles. The number of nitrogens with one attached hydrogen (secondary N) is 1. The van der Waals surface area contributed by atoms with Gasteiger partial charge in [0.1, 0.15) is 0 Å². The zero-order valence-electron chi connectivity index (χ0n) is 6.89. The molecule has 0 aromatic rings. The second-order valence-electron chi connectivity index (χ2n) is 3.33. The van der Waals surface area contributed by atoms with E-state index in [1.165, 1.54) is 6.92 Å². The molecule has 0 radical (unpaired) electrons. The van der Waals surface area contributed by atoms with Gasteiger partial charge in [0.15, 0.2) is 0 Å². The summed E-state index contributed by atoms with van der Waals surface area (Å²) in [4.78, 5) is 10.7. The quantitative estimate of drug-likeness (QED) is 0.610. The summed E-state index contributed by atoms with van der Waals surface area (Å²) in [6.45, 7) is 1.57. The minimum absolute atomic E-state index is 0.0408. The molecule has 0 spiro atoms. The fourth-order valence-corrected chi connectivity index (χ4v) is 1.75. The standard InChI is InChI=1S/C8H15NO2/c1-7(11)9-8(6-10)4-2-3-5-8/h10H,2-6H2,1H3,(H,9,11). The predicted molar refractivity (Wildman–Crippen MR) is 42.1 cm³/mol. The largest absolute Gasteiger partial charge is 0.394 e.